The fraction of sp³-hybridized carbons (Fsp3) is 0.333. The molecule has 0 heteroatoms. The van der Waals surface area contributed by atoms with Gasteiger partial charge >= 0.3 is 0 Å². The predicted octanol–water partition coefficient (Wildman–Crippen LogP) is 4.30. The van der Waals surface area contributed by atoms with Crippen LogP contribution in [0.5, 0.6) is 0 Å². The number of benzene rings is 2. The Morgan fingerprint density at radius 3 is 1.17 bits per heavy atom. The SMILES string of the molecule is c1ccc2c(c1)C1c3ccccc3C2[C@H]2CC[C@H]12. The van der Waals surface area contributed by atoms with Crippen LogP contribution in [0.4, 0.5) is 0 Å². The van der Waals surface area contributed by atoms with E-state index in [0.717, 1.165) is 11.8 Å². The van der Waals surface area contributed by atoms with Crippen molar-refractivity contribution < 1.29 is 0 Å². The summed E-state index contributed by atoms with van der Waals surface area (Å²) in [6.07, 6.45) is 2.88. The van der Waals surface area contributed by atoms with Crippen LogP contribution in [0.1, 0.15) is 46.9 Å². The molecule has 0 aromatic heterocycles. The second-order valence-electron chi connectivity index (χ2n) is 6.12. The lowest BCUT2D eigenvalue weighted by molar-refractivity contribution is 0.106. The van der Waals surface area contributed by atoms with Gasteiger partial charge in [-0.1, -0.05) is 48.5 Å². The van der Waals surface area contributed by atoms with Crippen LogP contribution in [-0.2, 0) is 0 Å². The Morgan fingerprint density at radius 2 is 0.889 bits per heavy atom. The molecule has 88 valence electrons. The fourth-order valence-electron chi connectivity index (χ4n) is 4.79. The van der Waals surface area contributed by atoms with Crippen molar-refractivity contribution in [3.05, 3.63) is 70.8 Å². The lowest BCUT2D eigenvalue weighted by atomic mass is 9.47. The van der Waals surface area contributed by atoms with Crippen molar-refractivity contribution in [1.29, 1.82) is 0 Å². The third kappa shape index (κ3) is 0.913. The molecular weight excluding hydrogens is 216 g/mol. The summed E-state index contributed by atoms with van der Waals surface area (Å²) in [4.78, 5) is 0. The average molecular weight is 232 g/mol. The molecule has 18 heavy (non-hydrogen) atoms. The Bertz CT molecular complexity index is 536. The molecule has 1 saturated carbocycles. The molecule has 0 saturated heterocycles. The summed E-state index contributed by atoms with van der Waals surface area (Å²) in [5.41, 5.74) is 6.51. The first-order valence-corrected chi connectivity index (χ1v) is 7.13. The van der Waals surface area contributed by atoms with E-state index in [9.17, 15) is 0 Å². The van der Waals surface area contributed by atoms with Gasteiger partial charge in [0.2, 0.25) is 0 Å². The van der Waals surface area contributed by atoms with Crippen LogP contribution in [0.15, 0.2) is 48.5 Å². The summed E-state index contributed by atoms with van der Waals surface area (Å²) in [5.74, 6) is 3.25. The monoisotopic (exact) mass is 232 g/mol. The molecule has 0 N–H and O–H groups in total. The van der Waals surface area contributed by atoms with Crippen LogP contribution in [0.3, 0.4) is 0 Å². The minimum Gasteiger partial charge on any atom is -0.0620 e. The number of hydrogen-bond donors (Lipinski definition) is 0. The summed E-state index contributed by atoms with van der Waals surface area (Å²) in [6, 6.07) is 18.4. The molecule has 2 atom stereocenters. The number of hydrogen-bond acceptors (Lipinski definition) is 0. The minimum atomic E-state index is 0.696. The van der Waals surface area contributed by atoms with Gasteiger partial charge in [-0.05, 0) is 46.9 Å². The molecular formula is C18H16. The van der Waals surface area contributed by atoms with Crippen LogP contribution in [-0.4, -0.2) is 0 Å². The molecule has 0 amide bonds. The van der Waals surface area contributed by atoms with Gasteiger partial charge in [-0.25, -0.2) is 0 Å². The smallest absolute Gasteiger partial charge is 0.0126 e. The van der Waals surface area contributed by atoms with E-state index >= 15 is 0 Å². The van der Waals surface area contributed by atoms with Crippen LogP contribution < -0.4 is 0 Å². The predicted molar refractivity (Wildman–Crippen MR) is 72.8 cm³/mol. The van der Waals surface area contributed by atoms with Crippen molar-refractivity contribution in [3.8, 4) is 0 Å². The topological polar surface area (TPSA) is 0 Å². The molecule has 2 bridgehead atoms. The molecule has 0 aliphatic heterocycles. The Kier molecular flexibility index (Phi) is 1.59. The highest BCUT2D eigenvalue weighted by atomic mass is 14.6. The van der Waals surface area contributed by atoms with Gasteiger partial charge in [-0.2, -0.15) is 0 Å². The van der Waals surface area contributed by atoms with Crippen LogP contribution >= 0.6 is 0 Å². The van der Waals surface area contributed by atoms with Crippen LogP contribution in [0.25, 0.3) is 0 Å². The normalized spacial score (nSPS) is 34.2. The quantitative estimate of drug-likeness (QED) is 0.635. The molecule has 1 fully saturated rings. The highest BCUT2D eigenvalue weighted by Gasteiger charge is 2.53. The summed E-state index contributed by atoms with van der Waals surface area (Å²) in [7, 11) is 0. The fourth-order valence-corrected chi connectivity index (χ4v) is 4.79. The van der Waals surface area contributed by atoms with Crippen LogP contribution in [0.2, 0.25) is 0 Å². The molecule has 6 rings (SSSR count). The Morgan fingerprint density at radius 1 is 0.556 bits per heavy atom. The Labute approximate surface area is 108 Å². The van der Waals surface area contributed by atoms with Crippen molar-refractivity contribution in [2.75, 3.05) is 0 Å². The molecule has 0 spiro atoms. The summed E-state index contributed by atoms with van der Waals surface area (Å²) in [6.45, 7) is 0. The lowest BCUT2D eigenvalue weighted by Gasteiger charge is -2.56. The molecule has 0 heterocycles. The van der Waals surface area contributed by atoms with E-state index in [4.69, 9.17) is 0 Å². The van der Waals surface area contributed by atoms with Crippen molar-refractivity contribution in [2.45, 2.75) is 24.7 Å². The first-order valence-electron chi connectivity index (χ1n) is 7.13. The maximum absolute atomic E-state index is 2.37. The molecule has 0 radical (unpaired) electrons. The van der Waals surface area contributed by atoms with Gasteiger partial charge in [-0.15, -0.1) is 0 Å². The van der Waals surface area contributed by atoms with Crippen LogP contribution in [0, 0.1) is 11.8 Å². The van der Waals surface area contributed by atoms with E-state index in [1.54, 1.807) is 22.3 Å². The molecule has 0 nitrogen and oxygen atoms in total. The highest BCUT2D eigenvalue weighted by Crippen LogP contribution is 2.64. The summed E-state index contributed by atoms with van der Waals surface area (Å²) >= 11 is 0. The molecule has 4 aliphatic rings. The second kappa shape index (κ2) is 3.06. The average Bonchev–Trinajstić information content (AvgIpc) is 2.40. The Hall–Kier alpha value is -1.56. The van der Waals surface area contributed by atoms with E-state index < -0.39 is 0 Å². The standard InChI is InChI=1S/C18H16/c1-2-6-12-11(5-1)17-13-7-3-4-8-14(13)18(12)16-10-9-15(16)17/h1-8,15-18H,9-10H2/t15-,16-,17?,18?/m0/s1. The third-order valence-corrected chi connectivity index (χ3v) is 5.57. The zero-order valence-electron chi connectivity index (χ0n) is 10.3. The van der Waals surface area contributed by atoms with Crippen molar-refractivity contribution >= 4 is 0 Å². The second-order valence-corrected chi connectivity index (χ2v) is 6.12. The maximum Gasteiger partial charge on any atom is 0.0126 e. The zero-order chi connectivity index (χ0) is 11.7. The zero-order valence-corrected chi connectivity index (χ0v) is 10.3. The maximum atomic E-state index is 2.37. The highest BCUT2D eigenvalue weighted by molar-refractivity contribution is 5.57. The van der Waals surface area contributed by atoms with Gasteiger partial charge in [0.15, 0.2) is 0 Å². The summed E-state index contributed by atoms with van der Waals surface area (Å²) < 4.78 is 0. The minimum absolute atomic E-state index is 0.696. The van der Waals surface area contributed by atoms with E-state index in [-0.39, 0.29) is 0 Å². The summed E-state index contributed by atoms with van der Waals surface area (Å²) in [5, 5.41) is 0. The third-order valence-electron chi connectivity index (χ3n) is 5.57. The van der Waals surface area contributed by atoms with Gasteiger partial charge in [0.25, 0.3) is 0 Å². The Balaban J connectivity index is 1.87. The van der Waals surface area contributed by atoms with Crippen molar-refractivity contribution in [1.82, 2.24) is 0 Å². The van der Waals surface area contributed by atoms with Crippen molar-refractivity contribution in [2.24, 2.45) is 11.8 Å². The van der Waals surface area contributed by atoms with E-state index in [2.05, 4.69) is 48.5 Å². The first kappa shape index (κ1) is 9.38. The van der Waals surface area contributed by atoms with Crippen molar-refractivity contribution in [3.63, 3.8) is 0 Å². The van der Waals surface area contributed by atoms with E-state index in [0.29, 0.717) is 11.8 Å². The van der Waals surface area contributed by atoms with E-state index in [1.165, 1.54) is 12.8 Å². The molecule has 2 aromatic carbocycles. The lowest BCUT2D eigenvalue weighted by Crippen LogP contribution is -2.45. The number of rotatable bonds is 0. The van der Waals surface area contributed by atoms with Gasteiger partial charge < -0.3 is 0 Å². The van der Waals surface area contributed by atoms with Gasteiger partial charge in [0.1, 0.15) is 0 Å². The van der Waals surface area contributed by atoms with Gasteiger partial charge in [0.05, 0.1) is 0 Å². The van der Waals surface area contributed by atoms with E-state index in [1.807, 2.05) is 0 Å². The van der Waals surface area contributed by atoms with Gasteiger partial charge in [0, 0.05) is 11.8 Å². The largest absolute Gasteiger partial charge is 0.0620 e. The molecule has 0 unspecified atom stereocenters. The molecule has 2 aromatic rings. The first-order chi connectivity index (χ1) is 8.95. The molecule has 4 aliphatic carbocycles. The van der Waals surface area contributed by atoms with Gasteiger partial charge in [-0.3, -0.25) is 0 Å².